The van der Waals surface area contributed by atoms with Gasteiger partial charge in [0.1, 0.15) is 12.1 Å². The van der Waals surface area contributed by atoms with E-state index < -0.39 is 5.97 Å². The van der Waals surface area contributed by atoms with E-state index in [1.54, 1.807) is 18.3 Å². The minimum atomic E-state index is -1.09. The van der Waals surface area contributed by atoms with Crippen molar-refractivity contribution in [1.29, 1.82) is 0 Å². The van der Waals surface area contributed by atoms with E-state index in [-0.39, 0.29) is 5.69 Å². The fourth-order valence-corrected chi connectivity index (χ4v) is 1.77. The number of rotatable bonds is 4. The maximum atomic E-state index is 10.8. The van der Waals surface area contributed by atoms with E-state index in [9.17, 15) is 4.79 Å². The summed E-state index contributed by atoms with van der Waals surface area (Å²) in [6.07, 6.45) is 5.05. The van der Waals surface area contributed by atoms with E-state index in [1.807, 2.05) is 6.92 Å². The Labute approximate surface area is 119 Å². The smallest absolute Gasteiger partial charge is 0.356 e. The number of carboxylic acids is 1. The summed E-state index contributed by atoms with van der Waals surface area (Å²) in [7, 11) is 0. The van der Waals surface area contributed by atoms with Crippen molar-refractivity contribution in [3.63, 3.8) is 0 Å². The van der Waals surface area contributed by atoms with Gasteiger partial charge in [0.05, 0.1) is 0 Å². The molecule has 8 nitrogen and oxygen atoms in total. The zero-order valence-corrected chi connectivity index (χ0v) is 11.1. The number of aryl methyl sites for hydroxylation is 1. The third kappa shape index (κ3) is 2.50. The number of aromatic carboxylic acids is 1. The number of imidazole rings is 1. The third-order valence-electron chi connectivity index (χ3n) is 2.84. The molecule has 0 radical (unpaired) electrons. The lowest BCUT2D eigenvalue weighted by molar-refractivity contribution is 0.0691. The monoisotopic (exact) mass is 285 g/mol. The fourth-order valence-electron chi connectivity index (χ4n) is 1.77. The molecule has 3 aromatic rings. The van der Waals surface area contributed by atoms with E-state index in [0.29, 0.717) is 29.5 Å². The Morgan fingerprint density at radius 3 is 2.95 bits per heavy atom. The van der Waals surface area contributed by atoms with E-state index in [2.05, 4.69) is 20.1 Å². The average molecular weight is 285 g/mol. The van der Waals surface area contributed by atoms with Gasteiger partial charge in [0.15, 0.2) is 11.5 Å². The molecule has 3 heterocycles. The second-order valence-corrected chi connectivity index (χ2v) is 4.24. The Bertz CT molecular complexity index is 792. The van der Waals surface area contributed by atoms with Gasteiger partial charge in [-0.1, -0.05) is 12.1 Å². The van der Waals surface area contributed by atoms with Gasteiger partial charge < -0.3 is 9.63 Å². The molecular weight excluding hydrogens is 274 g/mol. The van der Waals surface area contributed by atoms with Gasteiger partial charge in [-0.25, -0.2) is 14.8 Å². The van der Waals surface area contributed by atoms with Crippen molar-refractivity contribution in [2.24, 2.45) is 0 Å². The molecule has 8 heteroatoms. The molecule has 0 spiro atoms. The predicted octanol–water partition coefficient (Wildman–Crippen LogP) is 1.58. The molecule has 0 saturated carbocycles. The van der Waals surface area contributed by atoms with Crippen molar-refractivity contribution in [2.75, 3.05) is 0 Å². The fraction of sp³-hybridized carbons (Fsp3) is 0.154. The van der Waals surface area contributed by atoms with Crippen LogP contribution in [0.2, 0.25) is 0 Å². The van der Waals surface area contributed by atoms with Crippen LogP contribution in [0, 0.1) is 0 Å². The van der Waals surface area contributed by atoms with E-state index >= 15 is 0 Å². The topological polar surface area (TPSA) is 107 Å². The number of aromatic nitrogens is 5. The molecule has 0 bridgehead atoms. The van der Waals surface area contributed by atoms with Crippen LogP contribution in [0.5, 0.6) is 0 Å². The largest absolute Gasteiger partial charge is 0.476 e. The van der Waals surface area contributed by atoms with Crippen LogP contribution in [0.4, 0.5) is 0 Å². The minimum absolute atomic E-state index is 0.0479. The van der Waals surface area contributed by atoms with Crippen molar-refractivity contribution in [3.05, 3.63) is 42.4 Å². The molecule has 0 saturated heterocycles. The summed E-state index contributed by atoms with van der Waals surface area (Å²) in [4.78, 5) is 23.0. The Balaban J connectivity index is 1.97. The van der Waals surface area contributed by atoms with E-state index in [0.717, 1.165) is 0 Å². The molecule has 106 valence electrons. The molecule has 0 atom stereocenters. The van der Waals surface area contributed by atoms with Crippen molar-refractivity contribution < 1.29 is 14.4 Å². The van der Waals surface area contributed by atoms with Crippen LogP contribution in [0.25, 0.3) is 17.3 Å². The summed E-state index contributed by atoms with van der Waals surface area (Å²) in [6.45, 7) is 1.94. The zero-order chi connectivity index (χ0) is 14.8. The second kappa shape index (κ2) is 5.16. The molecule has 0 aliphatic heterocycles. The predicted molar refractivity (Wildman–Crippen MR) is 71.0 cm³/mol. The van der Waals surface area contributed by atoms with Crippen LogP contribution in [0.3, 0.4) is 0 Å². The van der Waals surface area contributed by atoms with Gasteiger partial charge in [0.2, 0.25) is 0 Å². The van der Waals surface area contributed by atoms with Gasteiger partial charge in [0.25, 0.3) is 5.89 Å². The standard InChI is InChI=1S/C13H11N5O3/c1-2-10-16-12(21-17-10)8-3-4-14-11(5-8)18-6-9(13(19)20)15-7-18/h3-7H,2H2,1H3,(H,19,20). The normalized spacial score (nSPS) is 10.7. The minimum Gasteiger partial charge on any atom is -0.476 e. The first-order chi connectivity index (χ1) is 10.2. The van der Waals surface area contributed by atoms with Crippen LogP contribution < -0.4 is 0 Å². The van der Waals surface area contributed by atoms with Crippen molar-refractivity contribution >= 4 is 5.97 Å². The lowest BCUT2D eigenvalue weighted by atomic mass is 10.2. The van der Waals surface area contributed by atoms with Gasteiger partial charge in [-0.3, -0.25) is 4.57 Å². The third-order valence-corrected chi connectivity index (χ3v) is 2.84. The van der Waals surface area contributed by atoms with Gasteiger partial charge in [-0.15, -0.1) is 0 Å². The quantitative estimate of drug-likeness (QED) is 0.775. The highest BCUT2D eigenvalue weighted by atomic mass is 16.5. The Morgan fingerprint density at radius 2 is 2.29 bits per heavy atom. The molecule has 0 amide bonds. The van der Waals surface area contributed by atoms with Gasteiger partial charge >= 0.3 is 5.97 Å². The SMILES string of the molecule is CCc1noc(-c2ccnc(-n3cnc(C(=O)O)c3)c2)n1. The Morgan fingerprint density at radius 1 is 1.43 bits per heavy atom. The van der Waals surface area contributed by atoms with E-state index in [4.69, 9.17) is 9.63 Å². The summed E-state index contributed by atoms with van der Waals surface area (Å²) < 4.78 is 6.69. The lowest BCUT2D eigenvalue weighted by Gasteiger charge is -2.01. The highest BCUT2D eigenvalue weighted by Gasteiger charge is 2.11. The van der Waals surface area contributed by atoms with Crippen LogP contribution in [0.1, 0.15) is 23.2 Å². The Hall–Kier alpha value is -3.03. The average Bonchev–Trinajstić information content (AvgIpc) is 3.17. The molecule has 0 aliphatic carbocycles. The van der Waals surface area contributed by atoms with Crippen LogP contribution >= 0.6 is 0 Å². The molecular formula is C13H11N5O3. The molecule has 0 aromatic carbocycles. The first-order valence-electron chi connectivity index (χ1n) is 6.24. The van der Waals surface area contributed by atoms with Gasteiger partial charge in [-0.2, -0.15) is 4.98 Å². The lowest BCUT2D eigenvalue weighted by Crippen LogP contribution is -1.97. The summed E-state index contributed by atoms with van der Waals surface area (Å²) in [5, 5.41) is 12.7. The molecule has 3 rings (SSSR count). The first-order valence-corrected chi connectivity index (χ1v) is 6.24. The molecule has 0 fully saturated rings. The van der Waals surface area contributed by atoms with Crippen LogP contribution in [-0.2, 0) is 6.42 Å². The van der Waals surface area contributed by atoms with Crippen LogP contribution in [-0.4, -0.2) is 35.8 Å². The molecule has 21 heavy (non-hydrogen) atoms. The zero-order valence-electron chi connectivity index (χ0n) is 11.1. The maximum absolute atomic E-state index is 10.8. The van der Waals surface area contributed by atoms with Crippen molar-refractivity contribution in [1.82, 2.24) is 24.7 Å². The maximum Gasteiger partial charge on any atom is 0.356 e. The molecule has 3 aromatic heterocycles. The summed E-state index contributed by atoms with van der Waals surface area (Å²) in [5.41, 5.74) is 0.658. The molecule has 1 N–H and O–H groups in total. The highest BCUT2D eigenvalue weighted by Crippen LogP contribution is 2.19. The molecule has 0 unspecified atom stereocenters. The van der Waals surface area contributed by atoms with Crippen LogP contribution in [0.15, 0.2) is 35.4 Å². The first kappa shape index (κ1) is 13.0. The number of hydrogen-bond donors (Lipinski definition) is 1. The van der Waals surface area contributed by atoms with Crippen molar-refractivity contribution in [2.45, 2.75) is 13.3 Å². The van der Waals surface area contributed by atoms with Gasteiger partial charge in [-0.05, 0) is 12.1 Å². The van der Waals surface area contributed by atoms with Crippen molar-refractivity contribution in [3.8, 4) is 17.3 Å². The highest BCUT2D eigenvalue weighted by molar-refractivity contribution is 5.85. The summed E-state index contributed by atoms with van der Waals surface area (Å²) >= 11 is 0. The number of nitrogens with zero attached hydrogens (tertiary/aromatic N) is 5. The second-order valence-electron chi connectivity index (χ2n) is 4.24. The number of hydrogen-bond acceptors (Lipinski definition) is 6. The van der Waals surface area contributed by atoms with Gasteiger partial charge in [0, 0.05) is 24.4 Å². The summed E-state index contributed by atoms with van der Waals surface area (Å²) in [5.74, 6) is 0.450. The summed E-state index contributed by atoms with van der Waals surface area (Å²) in [6, 6.07) is 3.46. The molecule has 0 aliphatic rings. The van der Waals surface area contributed by atoms with E-state index in [1.165, 1.54) is 17.1 Å². The number of pyridine rings is 1. The Kier molecular flexibility index (Phi) is 3.19. The number of carboxylic acid groups (broad SMARTS) is 1. The number of carbonyl (C=O) groups is 1.